The summed E-state index contributed by atoms with van der Waals surface area (Å²) < 4.78 is 0. The van der Waals surface area contributed by atoms with Gasteiger partial charge in [-0.2, -0.15) is 5.10 Å². The summed E-state index contributed by atoms with van der Waals surface area (Å²) in [6, 6.07) is 9.80. The van der Waals surface area contributed by atoms with E-state index in [1.807, 2.05) is 44.2 Å². The van der Waals surface area contributed by atoms with Gasteiger partial charge in [-0.3, -0.25) is 9.59 Å². The fourth-order valence-corrected chi connectivity index (χ4v) is 3.40. The molecule has 2 N–H and O–H groups in total. The molecule has 29 heavy (non-hydrogen) atoms. The van der Waals surface area contributed by atoms with Crippen LogP contribution in [0.15, 0.2) is 41.8 Å². The molecular formula is C21H22N6O2. The summed E-state index contributed by atoms with van der Waals surface area (Å²) in [5.74, 6) is 0.0375. The van der Waals surface area contributed by atoms with E-state index in [0.29, 0.717) is 24.4 Å². The molecule has 0 radical (unpaired) electrons. The van der Waals surface area contributed by atoms with Gasteiger partial charge in [0.2, 0.25) is 11.8 Å². The van der Waals surface area contributed by atoms with E-state index in [1.54, 1.807) is 0 Å². The molecule has 0 unspecified atom stereocenters. The minimum Gasteiger partial charge on any atom is -0.343 e. The van der Waals surface area contributed by atoms with E-state index in [1.165, 1.54) is 11.3 Å². The number of hydrogen-bond acceptors (Lipinski definition) is 5. The van der Waals surface area contributed by atoms with Crippen LogP contribution >= 0.6 is 0 Å². The summed E-state index contributed by atoms with van der Waals surface area (Å²) in [6.45, 7) is 4.44. The zero-order valence-corrected chi connectivity index (χ0v) is 16.4. The van der Waals surface area contributed by atoms with Crippen LogP contribution in [0.2, 0.25) is 0 Å². The van der Waals surface area contributed by atoms with Crippen molar-refractivity contribution in [1.29, 1.82) is 0 Å². The number of aromatic nitrogens is 3. The second-order valence-corrected chi connectivity index (χ2v) is 7.05. The van der Waals surface area contributed by atoms with Crippen LogP contribution < -0.4 is 5.32 Å². The first kappa shape index (κ1) is 18.8. The number of aryl methyl sites for hydroxylation is 2. The third kappa shape index (κ3) is 3.87. The Balaban J connectivity index is 1.37. The van der Waals surface area contributed by atoms with Crippen LogP contribution in [0.1, 0.15) is 36.1 Å². The Labute approximate surface area is 168 Å². The van der Waals surface area contributed by atoms with Crippen molar-refractivity contribution in [2.24, 2.45) is 5.10 Å². The molecule has 0 saturated carbocycles. The highest BCUT2D eigenvalue weighted by Gasteiger charge is 2.22. The number of rotatable bonds is 5. The lowest BCUT2D eigenvalue weighted by Crippen LogP contribution is -2.25. The molecule has 1 aliphatic heterocycles. The van der Waals surface area contributed by atoms with E-state index in [2.05, 4.69) is 25.4 Å². The lowest BCUT2D eigenvalue weighted by Gasteiger charge is -2.11. The van der Waals surface area contributed by atoms with E-state index in [-0.39, 0.29) is 24.7 Å². The van der Waals surface area contributed by atoms with Crippen LogP contribution in [-0.4, -0.2) is 44.0 Å². The predicted octanol–water partition coefficient (Wildman–Crippen LogP) is 2.93. The number of carbonyl (C=O) groups excluding carboxylic acids is 2. The Bertz CT molecular complexity index is 1100. The first-order chi connectivity index (χ1) is 14.0. The van der Waals surface area contributed by atoms with Gasteiger partial charge >= 0.3 is 0 Å². The minimum atomic E-state index is -0.261. The van der Waals surface area contributed by atoms with Crippen molar-refractivity contribution < 1.29 is 9.59 Å². The fraction of sp³-hybridized carbons (Fsp3) is 0.286. The molecule has 1 aromatic carbocycles. The Hall–Kier alpha value is -3.55. The fourth-order valence-electron chi connectivity index (χ4n) is 3.40. The third-order valence-corrected chi connectivity index (χ3v) is 5.11. The average molecular weight is 390 g/mol. The molecule has 0 saturated heterocycles. The molecule has 0 atom stereocenters. The molecule has 4 rings (SSSR count). The molecule has 0 aliphatic carbocycles. The van der Waals surface area contributed by atoms with Crippen LogP contribution in [0.4, 0.5) is 5.82 Å². The Morgan fingerprint density at radius 2 is 1.93 bits per heavy atom. The number of benzene rings is 1. The molecule has 3 aromatic rings. The zero-order chi connectivity index (χ0) is 20.4. The maximum absolute atomic E-state index is 12.5. The summed E-state index contributed by atoms with van der Waals surface area (Å²) in [5, 5.41) is 9.47. The maximum Gasteiger partial charge on any atom is 0.243 e. The van der Waals surface area contributed by atoms with Crippen LogP contribution in [0, 0.1) is 13.8 Å². The molecule has 8 heteroatoms. The van der Waals surface area contributed by atoms with Crippen molar-refractivity contribution in [1.82, 2.24) is 20.0 Å². The topological polar surface area (TPSA) is 103 Å². The molecule has 8 nitrogen and oxygen atoms in total. The molecule has 1 aliphatic rings. The van der Waals surface area contributed by atoms with Gasteiger partial charge in [0.05, 0.1) is 17.6 Å². The number of hydrogen-bond donors (Lipinski definition) is 2. The van der Waals surface area contributed by atoms with E-state index in [4.69, 9.17) is 0 Å². The van der Waals surface area contributed by atoms with Gasteiger partial charge in [-0.1, -0.05) is 30.3 Å². The van der Waals surface area contributed by atoms with Crippen LogP contribution in [0.3, 0.4) is 0 Å². The van der Waals surface area contributed by atoms with Gasteiger partial charge in [-0.25, -0.2) is 15.0 Å². The molecular weight excluding hydrogens is 368 g/mol. The SMILES string of the molecule is Cc1[nH]c2ncnc(NC(=O)CCC(=O)N3CCC(c4ccccc4)=N3)c2c1C. The molecule has 2 amide bonds. The number of anilines is 1. The maximum atomic E-state index is 12.5. The highest BCUT2D eigenvalue weighted by molar-refractivity contribution is 6.03. The number of amides is 2. The monoisotopic (exact) mass is 390 g/mol. The van der Waals surface area contributed by atoms with E-state index < -0.39 is 0 Å². The molecule has 148 valence electrons. The number of aromatic amines is 1. The van der Waals surface area contributed by atoms with Crippen molar-refractivity contribution in [3.05, 3.63) is 53.5 Å². The lowest BCUT2D eigenvalue weighted by atomic mass is 10.1. The smallest absolute Gasteiger partial charge is 0.243 e. The quantitative estimate of drug-likeness (QED) is 0.699. The summed E-state index contributed by atoms with van der Waals surface area (Å²) in [7, 11) is 0. The Morgan fingerprint density at radius 3 is 2.72 bits per heavy atom. The van der Waals surface area contributed by atoms with E-state index in [9.17, 15) is 9.59 Å². The van der Waals surface area contributed by atoms with Gasteiger partial charge in [0.1, 0.15) is 17.8 Å². The summed E-state index contributed by atoms with van der Waals surface area (Å²) >= 11 is 0. The second-order valence-electron chi connectivity index (χ2n) is 7.05. The van der Waals surface area contributed by atoms with Crippen LogP contribution in [0.5, 0.6) is 0 Å². The first-order valence-corrected chi connectivity index (χ1v) is 9.56. The summed E-state index contributed by atoms with van der Waals surface area (Å²) in [5.41, 5.74) is 4.57. The molecule has 2 aromatic heterocycles. The highest BCUT2D eigenvalue weighted by atomic mass is 16.2. The van der Waals surface area contributed by atoms with Gasteiger partial charge in [0, 0.05) is 25.0 Å². The van der Waals surface area contributed by atoms with Gasteiger partial charge in [-0.15, -0.1) is 0 Å². The minimum absolute atomic E-state index is 0.0689. The Morgan fingerprint density at radius 1 is 1.14 bits per heavy atom. The average Bonchev–Trinajstić information content (AvgIpc) is 3.33. The van der Waals surface area contributed by atoms with E-state index >= 15 is 0 Å². The predicted molar refractivity (Wildman–Crippen MR) is 111 cm³/mol. The number of nitrogens with zero attached hydrogens (tertiary/aromatic N) is 4. The molecule has 0 fully saturated rings. The van der Waals surface area contributed by atoms with Crippen molar-refractivity contribution in [3.63, 3.8) is 0 Å². The lowest BCUT2D eigenvalue weighted by molar-refractivity contribution is -0.132. The summed E-state index contributed by atoms with van der Waals surface area (Å²) in [4.78, 5) is 36.4. The number of hydrazone groups is 1. The number of nitrogens with one attached hydrogen (secondary N) is 2. The van der Waals surface area contributed by atoms with Gasteiger partial charge in [0.25, 0.3) is 0 Å². The number of carbonyl (C=O) groups is 2. The second kappa shape index (κ2) is 7.83. The van der Waals surface area contributed by atoms with Crippen LogP contribution in [0.25, 0.3) is 11.0 Å². The molecule has 0 bridgehead atoms. The molecule has 3 heterocycles. The van der Waals surface area contributed by atoms with Crippen molar-refractivity contribution in [2.75, 3.05) is 11.9 Å². The van der Waals surface area contributed by atoms with Crippen LogP contribution in [-0.2, 0) is 9.59 Å². The molecule has 0 spiro atoms. The number of fused-ring (bicyclic) bond motifs is 1. The zero-order valence-electron chi connectivity index (χ0n) is 16.4. The number of H-pyrrole nitrogens is 1. The standard InChI is InChI=1S/C21H22N6O2/c1-13-14(2)24-20-19(13)21(23-12-22-20)25-17(28)8-9-18(29)27-11-10-16(26-27)15-6-4-3-5-7-15/h3-7,12H,8-11H2,1-2H3,(H2,22,23,24,25,28). The first-order valence-electron chi connectivity index (χ1n) is 9.56. The van der Waals surface area contributed by atoms with Crippen molar-refractivity contribution in [3.8, 4) is 0 Å². The van der Waals surface area contributed by atoms with E-state index in [0.717, 1.165) is 27.9 Å². The van der Waals surface area contributed by atoms with Crippen molar-refractivity contribution in [2.45, 2.75) is 33.1 Å². The van der Waals surface area contributed by atoms with Gasteiger partial charge < -0.3 is 10.3 Å². The van der Waals surface area contributed by atoms with Gasteiger partial charge in [-0.05, 0) is 25.0 Å². The third-order valence-electron chi connectivity index (χ3n) is 5.11. The largest absolute Gasteiger partial charge is 0.343 e. The van der Waals surface area contributed by atoms with Crippen molar-refractivity contribution >= 4 is 34.4 Å². The summed E-state index contributed by atoms with van der Waals surface area (Å²) in [6.07, 6.45) is 2.28. The van der Waals surface area contributed by atoms with Gasteiger partial charge in [0.15, 0.2) is 0 Å². The Kier molecular flexibility index (Phi) is 5.07. The highest BCUT2D eigenvalue weighted by Crippen LogP contribution is 2.25. The normalized spacial score (nSPS) is 13.6.